The molecule has 84 valence electrons. The molecule has 15 heavy (non-hydrogen) atoms. The largest absolute Gasteiger partial charge is 1.00 e. The normalized spacial score (nSPS) is 12.7. The molecule has 1 atom stereocenters. The van der Waals surface area contributed by atoms with Gasteiger partial charge in [-0.3, -0.25) is 4.79 Å². The molecule has 7 heteroatoms. The van der Waals surface area contributed by atoms with Crippen molar-refractivity contribution in [3.63, 3.8) is 0 Å². The van der Waals surface area contributed by atoms with Crippen molar-refractivity contribution < 1.29 is 73.9 Å². The van der Waals surface area contributed by atoms with E-state index in [2.05, 4.69) is 0 Å². The van der Waals surface area contributed by atoms with Crippen LogP contribution in [0.1, 0.15) is 26.7 Å². The molecule has 0 amide bonds. The maximum atomic E-state index is 11.0. The summed E-state index contributed by atoms with van der Waals surface area (Å²) in [5, 5.41) is 0. The standard InChI is InChI=1S/C8H16O5S.K/c1-3-7(2)8(9)13-5-4-6-14(10,11)12;/h7H,3-6H2,1-2H3,(H,10,11,12);/q;+1/p-1. The van der Waals surface area contributed by atoms with Crippen LogP contribution in [-0.4, -0.2) is 31.3 Å². The maximum Gasteiger partial charge on any atom is 1.00 e. The SMILES string of the molecule is CCC(C)C(=O)OCCCS(=O)(=O)[O-].[K+]. The van der Waals surface area contributed by atoms with Gasteiger partial charge in [-0.2, -0.15) is 0 Å². The number of ether oxygens (including phenoxy) is 1. The zero-order valence-corrected chi connectivity index (χ0v) is 13.3. The Kier molecular flexibility index (Phi) is 11.1. The smallest absolute Gasteiger partial charge is 0.748 e. The van der Waals surface area contributed by atoms with Crippen LogP contribution in [0.2, 0.25) is 0 Å². The zero-order valence-electron chi connectivity index (χ0n) is 9.36. The molecule has 0 saturated heterocycles. The van der Waals surface area contributed by atoms with E-state index in [1.165, 1.54) is 0 Å². The first-order valence-electron chi connectivity index (χ1n) is 4.47. The fourth-order valence-corrected chi connectivity index (χ4v) is 1.19. The fourth-order valence-electron chi connectivity index (χ4n) is 0.717. The summed E-state index contributed by atoms with van der Waals surface area (Å²) < 4.78 is 35.3. The Morgan fingerprint density at radius 3 is 2.40 bits per heavy atom. The van der Waals surface area contributed by atoms with Crippen LogP contribution in [0.5, 0.6) is 0 Å². The number of carbonyl (C=O) groups excluding carboxylic acids is 1. The fraction of sp³-hybridized carbons (Fsp3) is 0.875. The van der Waals surface area contributed by atoms with E-state index in [4.69, 9.17) is 4.74 Å². The van der Waals surface area contributed by atoms with Crippen molar-refractivity contribution in [3.8, 4) is 0 Å². The summed E-state index contributed by atoms with van der Waals surface area (Å²) >= 11 is 0. The predicted octanol–water partition coefficient (Wildman–Crippen LogP) is -2.48. The van der Waals surface area contributed by atoms with Crippen molar-refractivity contribution >= 4 is 16.1 Å². The minimum Gasteiger partial charge on any atom is -0.748 e. The van der Waals surface area contributed by atoms with Gasteiger partial charge in [-0.1, -0.05) is 13.8 Å². The summed E-state index contributed by atoms with van der Waals surface area (Å²) in [6.45, 7) is 3.57. The van der Waals surface area contributed by atoms with Gasteiger partial charge in [0, 0.05) is 5.75 Å². The summed E-state index contributed by atoms with van der Waals surface area (Å²) in [5.41, 5.74) is 0. The van der Waals surface area contributed by atoms with Crippen LogP contribution in [0.4, 0.5) is 0 Å². The molecule has 0 N–H and O–H groups in total. The van der Waals surface area contributed by atoms with Crippen molar-refractivity contribution in [2.75, 3.05) is 12.4 Å². The topological polar surface area (TPSA) is 83.5 Å². The maximum absolute atomic E-state index is 11.0. The van der Waals surface area contributed by atoms with E-state index in [1.54, 1.807) is 6.92 Å². The van der Waals surface area contributed by atoms with Crippen LogP contribution in [-0.2, 0) is 19.6 Å². The quantitative estimate of drug-likeness (QED) is 0.229. The summed E-state index contributed by atoms with van der Waals surface area (Å²) in [7, 11) is -4.19. The van der Waals surface area contributed by atoms with Gasteiger partial charge in [-0.05, 0) is 12.8 Å². The minimum absolute atomic E-state index is 0. The third kappa shape index (κ3) is 11.3. The van der Waals surface area contributed by atoms with Gasteiger partial charge in [0.05, 0.1) is 22.6 Å². The molecule has 0 aliphatic carbocycles. The molecule has 5 nitrogen and oxygen atoms in total. The summed E-state index contributed by atoms with van der Waals surface area (Å²) in [6, 6.07) is 0. The van der Waals surface area contributed by atoms with Gasteiger partial charge in [0.1, 0.15) is 0 Å². The first-order valence-corrected chi connectivity index (χ1v) is 6.04. The predicted molar refractivity (Wildman–Crippen MR) is 49.6 cm³/mol. The monoisotopic (exact) mass is 262 g/mol. The Morgan fingerprint density at radius 2 is 2.00 bits per heavy atom. The van der Waals surface area contributed by atoms with E-state index in [-0.39, 0.29) is 76.3 Å². The second-order valence-corrected chi connectivity index (χ2v) is 4.62. The first-order chi connectivity index (χ1) is 6.37. The van der Waals surface area contributed by atoms with Crippen molar-refractivity contribution in [1.29, 1.82) is 0 Å². The number of hydrogen-bond acceptors (Lipinski definition) is 5. The molecule has 1 unspecified atom stereocenters. The van der Waals surface area contributed by atoms with E-state index in [9.17, 15) is 17.8 Å². The molecular formula is C8H15KO5S. The average Bonchev–Trinajstić information content (AvgIpc) is 2.09. The number of hydrogen-bond donors (Lipinski definition) is 0. The summed E-state index contributed by atoms with van der Waals surface area (Å²) in [4.78, 5) is 11.0. The third-order valence-corrected chi connectivity index (χ3v) is 2.59. The van der Waals surface area contributed by atoms with Gasteiger partial charge in [0.2, 0.25) is 0 Å². The molecular weight excluding hydrogens is 247 g/mol. The molecule has 0 aromatic rings. The Bertz CT molecular complexity index is 275. The Balaban J connectivity index is 0. The second kappa shape index (κ2) is 9.09. The van der Waals surface area contributed by atoms with Gasteiger partial charge < -0.3 is 9.29 Å². The van der Waals surface area contributed by atoms with Crippen LogP contribution in [0, 0.1) is 5.92 Å². The van der Waals surface area contributed by atoms with Gasteiger partial charge >= 0.3 is 57.4 Å². The van der Waals surface area contributed by atoms with Crippen molar-refractivity contribution in [3.05, 3.63) is 0 Å². The van der Waals surface area contributed by atoms with Crippen LogP contribution < -0.4 is 51.4 Å². The molecule has 0 radical (unpaired) electrons. The van der Waals surface area contributed by atoms with E-state index < -0.39 is 15.9 Å². The molecule has 0 rings (SSSR count). The molecule has 0 aliphatic rings. The number of esters is 1. The summed E-state index contributed by atoms with van der Waals surface area (Å²) in [5.74, 6) is -1.02. The van der Waals surface area contributed by atoms with E-state index in [0.717, 1.165) is 0 Å². The van der Waals surface area contributed by atoms with Gasteiger partial charge in [0.25, 0.3) is 0 Å². The summed E-state index contributed by atoms with van der Waals surface area (Å²) in [6.07, 6.45) is 0.743. The van der Waals surface area contributed by atoms with E-state index in [0.29, 0.717) is 6.42 Å². The van der Waals surface area contributed by atoms with E-state index in [1.807, 2.05) is 6.92 Å². The molecule has 0 fully saturated rings. The van der Waals surface area contributed by atoms with Gasteiger partial charge in [-0.25, -0.2) is 8.42 Å². The third-order valence-electron chi connectivity index (χ3n) is 1.80. The van der Waals surface area contributed by atoms with Crippen molar-refractivity contribution in [1.82, 2.24) is 0 Å². The van der Waals surface area contributed by atoms with Crippen LogP contribution in [0.25, 0.3) is 0 Å². The molecule has 0 heterocycles. The van der Waals surface area contributed by atoms with Gasteiger partial charge in [-0.15, -0.1) is 0 Å². The average molecular weight is 262 g/mol. The molecule has 0 aromatic heterocycles. The molecule has 0 bridgehead atoms. The molecule has 0 saturated carbocycles. The second-order valence-electron chi connectivity index (χ2n) is 3.09. The Morgan fingerprint density at radius 1 is 1.47 bits per heavy atom. The van der Waals surface area contributed by atoms with Crippen LogP contribution in [0.15, 0.2) is 0 Å². The van der Waals surface area contributed by atoms with Crippen LogP contribution >= 0.6 is 0 Å². The molecule has 0 spiro atoms. The van der Waals surface area contributed by atoms with E-state index >= 15 is 0 Å². The number of rotatable bonds is 6. The van der Waals surface area contributed by atoms with Gasteiger partial charge in [0.15, 0.2) is 0 Å². The van der Waals surface area contributed by atoms with Crippen LogP contribution in [0.3, 0.4) is 0 Å². The minimum atomic E-state index is -4.19. The Hall–Kier alpha value is 1.02. The molecule has 0 aliphatic heterocycles. The molecule has 0 aromatic carbocycles. The Labute approximate surface area is 133 Å². The number of carbonyl (C=O) groups is 1. The van der Waals surface area contributed by atoms with Crippen molar-refractivity contribution in [2.45, 2.75) is 26.7 Å². The zero-order chi connectivity index (χ0) is 11.2. The first kappa shape index (κ1) is 18.4. The van der Waals surface area contributed by atoms with Crippen molar-refractivity contribution in [2.24, 2.45) is 5.92 Å².